The van der Waals surface area contributed by atoms with Gasteiger partial charge in [0.25, 0.3) is 0 Å². The monoisotopic (exact) mass is 847 g/mol. The van der Waals surface area contributed by atoms with Gasteiger partial charge in [-0.05, 0) is 158 Å². The zero-order chi connectivity index (χ0) is 44.3. The molecule has 338 valence electrons. The number of esters is 4. The van der Waals surface area contributed by atoms with Gasteiger partial charge in [0.2, 0.25) is 0 Å². The van der Waals surface area contributed by atoms with Crippen molar-refractivity contribution >= 4 is 23.9 Å². The van der Waals surface area contributed by atoms with Crippen LogP contribution in [0.4, 0.5) is 0 Å². The highest BCUT2D eigenvalue weighted by atomic mass is 16.6. The lowest BCUT2D eigenvalue weighted by atomic mass is 9.67. The summed E-state index contributed by atoms with van der Waals surface area (Å²) in [5, 5.41) is 0. The summed E-state index contributed by atoms with van der Waals surface area (Å²) >= 11 is 0. The van der Waals surface area contributed by atoms with Crippen LogP contribution in [0.25, 0.3) is 0 Å². The van der Waals surface area contributed by atoms with Gasteiger partial charge >= 0.3 is 23.9 Å². The van der Waals surface area contributed by atoms with E-state index in [1.807, 2.05) is 6.07 Å². The molecule has 1 aromatic carbocycles. The molecule has 1 aromatic rings. The molecule has 0 radical (unpaired) electrons. The van der Waals surface area contributed by atoms with Crippen molar-refractivity contribution in [3.8, 4) is 11.5 Å². The number of rotatable bonds is 21. The van der Waals surface area contributed by atoms with Gasteiger partial charge in [0.1, 0.15) is 37.9 Å². The molecular weight excluding hydrogens is 773 g/mol. The minimum absolute atomic E-state index is 0.0731. The van der Waals surface area contributed by atoms with Crippen LogP contribution in [0.2, 0.25) is 0 Å². The molecule has 61 heavy (non-hydrogen) atoms. The summed E-state index contributed by atoms with van der Waals surface area (Å²) < 4.78 is 35.7. The maximum absolute atomic E-state index is 12.8. The first-order valence-corrected chi connectivity index (χ1v) is 23.1. The van der Waals surface area contributed by atoms with Gasteiger partial charge < -0.3 is 28.4 Å². The van der Waals surface area contributed by atoms with Crippen LogP contribution in [0.5, 0.6) is 11.5 Å². The van der Waals surface area contributed by atoms with Crippen molar-refractivity contribution in [2.75, 3.05) is 26.4 Å². The van der Waals surface area contributed by atoms with E-state index in [9.17, 15) is 19.2 Å². The SMILES string of the molecule is C=C(C)C(=O)OCC(COc1cc(OCC(COC(=O)C(C)(C)C)OC(=O)C(=C)C)c(CCC2CC3CCCC(C3)C2)cc1CCC1CC2CCCC(C2)C1)OC(=O)C(=C)C. The quantitative estimate of drug-likeness (QED) is 0.0671. The average Bonchev–Trinajstić information content (AvgIpc) is 3.20. The topological polar surface area (TPSA) is 124 Å². The lowest BCUT2D eigenvalue weighted by Gasteiger charge is -2.39. The summed E-state index contributed by atoms with van der Waals surface area (Å²) in [6, 6.07) is 4.13. The lowest BCUT2D eigenvalue weighted by Crippen LogP contribution is -2.34. The Bertz CT molecular complexity index is 1710. The first-order chi connectivity index (χ1) is 28.9. The summed E-state index contributed by atoms with van der Waals surface area (Å²) in [5.74, 6) is 3.49. The third kappa shape index (κ3) is 15.1. The third-order valence-electron chi connectivity index (χ3n) is 13.2. The molecule has 6 unspecified atom stereocenters. The van der Waals surface area contributed by atoms with Crippen molar-refractivity contribution in [3.05, 3.63) is 59.7 Å². The molecule has 0 amide bonds. The van der Waals surface area contributed by atoms with Gasteiger partial charge in [-0.15, -0.1) is 0 Å². The van der Waals surface area contributed by atoms with Crippen LogP contribution in [-0.4, -0.2) is 62.5 Å². The van der Waals surface area contributed by atoms with Crippen molar-refractivity contribution in [2.45, 2.75) is 156 Å². The van der Waals surface area contributed by atoms with Gasteiger partial charge in [-0.2, -0.15) is 0 Å². The van der Waals surface area contributed by atoms with E-state index in [0.29, 0.717) is 23.3 Å². The fourth-order valence-corrected chi connectivity index (χ4v) is 10.0. The Morgan fingerprint density at radius 3 is 1.34 bits per heavy atom. The molecule has 4 aliphatic rings. The van der Waals surface area contributed by atoms with Gasteiger partial charge in [0.15, 0.2) is 12.2 Å². The van der Waals surface area contributed by atoms with Crippen LogP contribution in [0.1, 0.15) is 143 Å². The molecule has 10 heteroatoms. The van der Waals surface area contributed by atoms with Gasteiger partial charge in [-0.1, -0.05) is 58.3 Å². The molecule has 0 spiro atoms. The second-order valence-corrected chi connectivity index (χ2v) is 20.1. The van der Waals surface area contributed by atoms with Crippen LogP contribution in [0.3, 0.4) is 0 Å². The fourth-order valence-electron chi connectivity index (χ4n) is 10.0. The summed E-state index contributed by atoms with van der Waals surface area (Å²) in [5.41, 5.74) is 2.03. The van der Waals surface area contributed by atoms with Gasteiger partial charge in [0, 0.05) is 22.8 Å². The van der Waals surface area contributed by atoms with Crippen molar-refractivity contribution in [1.29, 1.82) is 0 Å². The van der Waals surface area contributed by atoms with Crippen molar-refractivity contribution in [1.82, 2.24) is 0 Å². The van der Waals surface area contributed by atoms with Gasteiger partial charge in [-0.3, -0.25) is 4.79 Å². The van der Waals surface area contributed by atoms with Crippen LogP contribution >= 0.6 is 0 Å². The molecule has 0 aliphatic heterocycles. The Morgan fingerprint density at radius 1 is 0.574 bits per heavy atom. The molecule has 4 fully saturated rings. The maximum Gasteiger partial charge on any atom is 0.333 e. The van der Waals surface area contributed by atoms with E-state index in [-0.39, 0.29) is 43.1 Å². The van der Waals surface area contributed by atoms with Crippen LogP contribution in [-0.2, 0) is 51.0 Å². The molecule has 0 N–H and O–H groups in total. The van der Waals surface area contributed by atoms with Gasteiger partial charge in [-0.25, -0.2) is 14.4 Å². The minimum Gasteiger partial charge on any atom is -0.489 e. The first kappa shape index (κ1) is 48.0. The van der Waals surface area contributed by atoms with E-state index >= 15 is 0 Å². The number of aryl methyl sites for hydroxylation is 2. The largest absolute Gasteiger partial charge is 0.489 e. The molecule has 5 rings (SSSR count). The predicted molar refractivity (Wildman–Crippen MR) is 236 cm³/mol. The summed E-state index contributed by atoms with van der Waals surface area (Å²) in [6.45, 7) is 20.6. The highest BCUT2D eigenvalue weighted by Crippen LogP contribution is 2.46. The molecule has 0 saturated heterocycles. The Kier molecular flexibility index (Phi) is 17.6. The predicted octanol–water partition coefficient (Wildman–Crippen LogP) is 10.4. The third-order valence-corrected chi connectivity index (χ3v) is 13.2. The number of carbonyl (C=O) groups is 4. The fraction of sp³-hybridized carbons (Fsp3) is 0.686. The maximum atomic E-state index is 12.8. The number of benzene rings is 1. The number of ether oxygens (including phenoxy) is 6. The zero-order valence-corrected chi connectivity index (χ0v) is 38.1. The second-order valence-electron chi connectivity index (χ2n) is 20.1. The van der Waals surface area contributed by atoms with E-state index in [0.717, 1.165) is 60.5 Å². The molecular formula is C51H74O10. The summed E-state index contributed by atoms with van der Waals surface area (Å²) in [4.78, 5) is 50.7. The van der Waals surface area contributed by atoms with Crippen LogP contribution < -0.4 is 9.47 Å². The molecule has 6 atom stereocenters. The van der Waals surface area contributed by atoms with Crippen molar-refractivity contribution in [2.24, 2.45) is 40.9 Å². The Hall–Kier alpha value is -4.08. The molecule has 4 bridgehead atoms. The van der Waals surface area contributed by atoms with E-state index in [1.54, 1.807) is 41.5 Å². The zero-order valence-electron chi connectivity index (χ0n) is 38.1. The Balaban J connectivity index is 1.45. The molecule has 4 aliphatic carbocycles. The van der Waals surface area contributed by atoms with E-state index in [4.69, 9.17) is 28.4 Å². The average molecular weight is 847 g/mol. The first-order valence-electron chi connectivity index (χ1n) is 23.1. The highest BCUT2D eigenvalue weighted by Gasteiger charge is 2.34. The number of hydrogen-bond donors (Lipinski definition) is 0. The minimum atomic E-state index is -0.920. The molecule has 4 saturated carbocycles. The molecule has 0 heterocycles. The standard InChI is InChI=1S/C51H74O10/c1-32(2)47(52)58-30-43(60-48(53)33(3)4)28-56-45-27-46(57-29-44(61-49(54)34(5)6)31-59-50(55)51(7,8)9)42(19-17-40-24-37-14-11-15-38(21-37)25-40)26-41(45)18-16-39-22-35-12-10-13-36(20-35)23-39/h26-27,35-40,43-44H,1,3,5,10-25,28-31H2,2,4,6-9H3. The molecule has 0 aromatic heterocycles. The number of fused-ring (bicyclic) bond motifs is 4. The van der Waals surface area contributed by atoms with Crippen LogP contribution in [0.15, 0.2) is 48.6 Å². The number of hydrogen-bond acceptors (Lipinski definition) is 10. The Labute approximate surface area is 365 Å². The molecule has 10 nitrogen and oxygen atoms in total. The van der Waals surface area contributed by atoms with Crippen molar-refractivity contribution in [3.63, 3.8) is 0 Å². The Morgan fingerprint density at radius 2 is 0.967 bits per heavy atom. The van der Waals surface area contributed by atoms with E-state index < -0.39 is 41.5 Å². The normalized spacial score (nSPS) is 24.3. The van der Waals surface area contributed by atoms with E-state index in [2.05, 4.69) is 25.8 Å². The summed E-state index contributed by atoms with van der Waals surface area (Å²) in [6.07, 6.45) is 17.7. The smallest absolute Gasteiger partial charge is 0.333 e. The van der Waals surface area contributed by atoms with Gasteiger partial charge in [0.05, 0.1) is 5.41 Å². The van der Waals surface area contributed by atoms with Crippen molar-refractivity contribution < 1.29 is 47.6 Å². The highest BCUT2D eigenvalue weighted by molar-refractivity contribution is 5.88. The number of carbonyl (C=O) groups excluding carboxylic acids is 4. The van der Waals surface area contributed by atoms with E-state index in [1.165, 1.54) is 77.0 Å². The summed E-state index contributed by atoms with van der Waals surface area (Å²) in [7, 11) is 0. The second kappa shape index (κ2) is 22.3. The lowest BCUT2D eigenvalue weighted by molar-refractivity contribution is -0.163. The van der Waals surface area contributed by atoms with Crippen LogP contribution in [0, 0.1) is 40.9 Å².